The summed E-state index contributed by atoms with van der Waals surface area (Å²) in [6, 6.07) is 4.05. The lowest BCUT2D eigenvalue weighted by Crippen LogP contribution is -2.29. The van der Waals surface area contributed by atoms with E-state index in [4.69, 9.17) is 0 Å². The number of hydrogen-bond acceptors (Lipinski definition) is 2. The molecule has 0 bridgehead atoms. The number of nitrogens with zero attached hydrogens (tertiary/aromatic N) is 2. The third-order valence-electron chi connectivity index (χ3n) is 3.32. The Labute approximate surface area is 103 Å². The number of pyridine rings is 1. The molecule has 17 heavy (non-hydrogen) atoms. The number of halogens is 1. The lowest BCUT2D eigenvalue weighted by Gasteiger charge is -2.27. The van der Waals surface area contributed by atoms with Crippen LogP contribution in [0.15, 0.2) is 18.3 Å². The molecule has 1 fully saturated rings. The van der Waals surface area contributed by atoms with Crippen molar-refractivity contribution in [2.24, 2.45) is 0 Å². The van der Waals surface area contributed by atoms with Crippen LogP contribution in [-0.2, 0) is 5.41 Å². The lowest BCUT2D eigenvalue weighted by molar-refractivity contribution is 0.221. The molecule has 0 spiro atoms. The van der Waals surface area contributed by atoms with E-state index in [-0.39, 0.29) is 5.41 Å². The number of hydrogen-bond donors (Lipinski definition) is 0. The molecule has 1 aromatic heterocycles. The molecule has 0 aromatic carbocycles. The summed E-state index contributed by atoms with van der Waals surface area (Å²) in [6.45, 7) is 9.38. The van der Waals surface area contributed by atoms with Gasteiger partial charge in [-0.05, 0) is 18.4 Å². The van der Waals surface area contributed by atoms with Crippen LogP contribution in [-0.4, -0.2) is 23.7 Å². The molecule has 94 valence electrons. The third-order valence-corrected chi connectivity index (χ3v) is 3.32. The van der Waals surface area contributed by atoms with Gasteiger partial charge < -0.3 is 4.90 Å². The molecule has 3 heteroatoms. The molecule has 1 atom stereocenters. The highest BCUT2D eigenvalue weighted by Crippen LogP contribution is 2.34. The van der Waals surface area contributed by atoms with Crippen LogP contribution in [0.3, 0.4) is 0 Å². The van der Waals surface area contributed by atoms with Crippen molar-refractivity contribution in [2.75, 3.05) is 18.0 Å². The van der Waals surface area contributed by atoms with Gasteiger partial charge in [-0.2, -0.15) is 0 Å². The summed E-state index contributed by atoms with van der Waals surface area (Å²) in [5, 5.41) is 0. The van der Waals surface area contributed by atoms with Crippen molar-refractivity contribution < 1.29 is 4.39 Å². The van der Waals surface area contributed by atoms with Gasteiger partial charge in [-0.3, -0.25) is 0 Å². The van der Waals surface area contributed by atoms with Gasteiger partial charge in [0.05, 0.1) is 6.54 Å². The van der Waals surface area contributed by atoms with Crippen LogP contribution >= 0.6 is 0 Å². The summed E-state index contributed by atoms with van der Waals surface area (Å²) in [6.07, 6.45) is 2.38. The van der Waals surface area contributed by atoms with Crippen LogP contribution < -0.4 is 4.90 Å². The second kappa shape index (κ2) is 3.97. The van der Waals surface area contributed by atoms with E-state index in [0.29, 0.717) is 13.0 Å². The molecule has 1 aromatic rings. The fourth-order valence-corrected chi connectivity index (χ4v) is 2.34. The molecule has 0 N–H and O–H groups in total. The average molecular weight is 236 g/mol. The van der Waals surface area contributed by atoms with Crippen molar-refractivity contribution in [2.45, 2.75) is 45.2 Å². The topological polar surface area (TPSA) is 16.1 Å². The maximum absolute atomic E-state index is 13.9. The summed E-state index contributed by atoms with van der Waals surface area (Å²) in [5.74, 6) is 0.946. The van der Waals surface area contributed by atoms with Crippen molar-refractivity contribution in [3.05, 3.63) is 23.9 Å². The van der Waals surface area contributed by atoms with E-state index < -0.39 is 5.67 Å². The molecule has 0 radical (unpaired) electrons. The Kier molecular flexibility index (Phi) is 2.88. The molecule has 0 aliphatic carbocycles. The van der Waals surface area contributed by atoms with Crippen molar-refractivity contribution in [1.29, 1.82) is 0 Å². The monoisotopic (exact) mass is 236 g/mol. The highest BCUT2D eigenvalue weighted by molar-refractivity contribution is 5.51. The van der Waals surface area contributed by atoms with Gasteiger partial charge in [0.1, 0.15) is 11.5 Å². The number of aromatic nitrogens is 1. The quantitative estimate of drug-likeness (QED) is 0.743. The van der Waals surface area contributed by atoms with Crippen LogP contribution in [0.1, 0.15) is 39.7 Å². The van der Waals surface area contributed by atoms with Crippen LogP contribution in [0, 0.1) is 0 Å². The third kappa shape index (κ3) is 2.59. The molecule has 1 unspecified atom stereocenters. The predicted molar refractivity (Wildman–Crippen MR) is 69.3 cm³/mol. The maximum atomic E-state index is 13.9. The van der Waals surface area contributed by atoms with Crippen LogP contribution in [0.2, 0.25) is 0 Å². The zero-order valence-electron chi connectivity index (χ0n) is 11.1. The van der Waals surface area contributed by atoms with Crippen LogP contribution in [0.5, 0.6) is 0 Å². The van der Waals surface area contributed by atoms with Crippen molar-refractivity contribution in [3.63, 3.8) is 0 Å². The minimum atomic E-state index is -1.08. The number of rotatable bonds is 1. The van der Waals surface area contributed by atoms with E-state index >= 15 is 0 Å². The number of anilines is 1. The fraction of sp³-hybridized carbons (Fsp3) is 0.643. The Hall–Kier alpha value is -1.12. The summed E-state index contributed by atoms with van der Waals surface area (Å²) in [7, 11) is 0. The Morgan fingerprint density at radius 2 is 2.12 bits per heavy atom. The maximum Gasteiger partial charge on any atom is 0.132 e. The van der Waals surface area contributed by atoms with Crippen LogP contribution in [0.4, 0.5) is 10.2 Å². The summed E-state index contributed by atoms with van der Waals surface area (Å²) in [4.78, 5) is 6.52. The van der Waals surface area contributed by atoms with E-state index in [1.807, 2.05) is 6.07 Å². The molecule has 1 aliphatic heterocycles. The van der Waals surface area contributed by atoms with Crippen molar-refractivity contribution in [3.8, 4) is 0 Å². The largest absolute Gasteiger partial charge is 0.353 e. The highest BCUT2D eigenvalue weighted by atomic mass is 19.1. The molecule has 2 rings (SSSR count). The first-order valence-corrected chi connectivity index (χ1v) is 6.19. The summed E-state index contributed by atoms with van der Waals surface area (Å²) < 4.78 is 13.9. The molecular formula is C14H21FN2. The highest BCUT2D eigenvalue weighted by Gasteiger charge is 2.35. The second-order valence-electron chi connectivity index (χ2n) is 6.21. The number of alkyl halides is 1. The van der Waals surface area contributed by atoms with Crippen molar-refractivity contribution >= 4 is 5.82 Å². The molecule has 1 saturated heterocycles. The normalized spacial score (nSPS) is 25.4. The minimum absolute atomic E-state index is 0.0406. The molecule has 1 aliphatic rings. The Morgan fingerprint density at radius 3 is 2.65 bits per heavy atom. The smallest absolute Gasteiger partial charge is 0.132 e. The Bertz CT molecular complexity index is 407. The summed E-state index contributed by atoms with van der Waals surface area (Å²) >= 11 is 0. The molecular weight excluding hydrogens is 215 g/mol. The fourth-order valence-electron chi connectivity index (χ4n) is 2.34. The summed E-state index contributed by atoms with van der Waals surface area (Å²) in [5.41, 5.74) is 0.156. The van der Waals surface area contributed by atoms with Crippen LogP contribution in [0.25, 0.3) is 0 Å². The lowest BCUT2D eigenvalue weighted by atomic mass is 9.87. The van der Waals surface area contributed by atoms with E-state index in [9.17, 15) is 4.39 Å². The van der Waals surface area contributed by atoms with Gasteiger partial charge in [-0.1, -0.05) is 26.8 Å². The van der Waals surface area contributed by atoms with E-state index in [0.717, 1.165) is 12.4 Å². The van der Waals surface area contributed by atoms with Gasteiger partial charge in [0.15, 0.2) is 0 Å². The van der Waals surface area contributed by atoms with Gasteiger partial charge in [0, 0.05) is 24.7 Å². The molecule has 2 heterocycles. The second-order valence-corrected chi connectivity index (χ2v) is 6.21. The SMILES string of the molecule is CC1(F)CCN(c2ncccc2C(C)(C)C)C1. The van der Waals surface area contributed by atoms with Gasteiger partial charge in [-0.15, -0.1) is 0 Å². The first-order chi connectivity index (χ1) is 7.80. The van der Waals surface area contributed by atoms with E-state index in [1.54, 1.807) is 13.1 Å². The predicted octanol–water partition coefficient (Wildman–Crippen LogP) is 3.32. The standard InChI is InChI=1S/C14H21FN2/c1-13(2,3)11-6-5-8-16-12(11)17-9-7-14(4,15)10-17/h5-6,8H,7,9-10H2,1-4H3. The van der Waals surface area contributed by atoms with Gasteiger partial charge in [-0.25, -0.2) is 9.37 Å². The molecule has 2 nitrogen and oxygen atoms in total. The minimum Gasteiger partial charge on any atom is -0.353 e. The Balaban J connectivity index is 2.34. The van der Waals surface area contributed by atoms with E-state index in [1.165, 1.54) is 5.56 Å². The van der Waals surface area contributed by atoms with Crippen molar-refractivity contribution in [1.82, 2.24) is 4.98 Å². The first kappa shape index (κ1) is 12.3. The first-order valence-electron chi connectivity index (χ1n) is 6.19. The zero-order valence-corrected chi connectivity index (χ0v) is 11.1. The average Bonchev–Trinajstić information content (AvgIpc) is 2.58. The van der Waals surface area contributed by atoms with Gasteiger partial charge in [0.2, 0.25) is 0 Å². The van der Waals surface area contributed by atoms with Gasteiger partial charge in [0.25, 0.3) is 0 Å². The molecule has 0 saturated carbocycles. The van der Waals surface area contributed by atoms with E-state index in [2.05, 4.69) is 36.7 Å². The van der Waals surface area contributed by atoms with Gasteiger partial charge >= 0.3 is 0 Å². The Morgan fingerprint density at radius 1 is 1.41 bits per heavy atom. The zero-order chi connectivity index (χ0) is 12.7. The molecule has 0 amide bonds.